The monoisotopic (exact) mass is 295 g/mol. The molecule has 0 aliphatic rings. The molecule has 2 rings (SSSR count). The van der Waals surface area contributed by atoms with Crippen LogP contribution in [0.1, 0.15) is 25.0 Å². The van der Waals surface area contributed by atoms with E-state index in [-0.39, 0.29) is 0 Å². The number of thiophene rings is 1. The lowest BCUT2D eigenvalue weighted by atomic mass is 10.2. The van der Waals surface area contributed by atoms with Crippen molar-refractivity contribution in [2.75, 3.05) is 0 Å². The van der Waals surface area contributed by atoms with Gasteiger partial charge in [-0.2, -0.15) is 11.3 Å². The van der Waals surface area contributed by atoms with Gasteiger partial charge in [0.25, 0.3) is 0 Å². The summed E-state index contributed by atoms with van der Waals surface area (Å²) in [6.45, 7) is 5.53. The smallest absolute Gasteiger partial charge is 0.125 e. The Morgan fingerprint density at radius 3 is 2.84 bits per heavy atom. The van der Waals surface area contributed by atoms with Gasteiger partial charge in [-0.05, 0) is 34.5 Å². The molecule has 0 fully saturated rings. The quantitative estimate of drug-likeness (QED) is 0.848. The maximum Gasteiger partial charge on any atom is 0.125 e. The summed E-state index contributed by atoms with van der Waals surface area (Å²) < 4.78 is 5.88. The van der Waals surface area contributed by atoms with Crippen LogP contribution in [0.25, 0.3) is 0 Å². The largest absolute Gasteiger partial charge is 0.488 e. The Morgan fingerprint density at radius 2 is 2.16 bits per heavy atom. The highest BCUT2D eigenvalue weighted by atomic mass is 35.5. The number of nitrogens with one attached hydrogen (secondary N) is 1. The number of ether oxygens (including phenoxy) is 1. The maximum absolute atomic E-state index is 6.26. The van der Waals surface area contributed by atoms with Crippen molar-refractivity contribution < 1.29 is 4.74 Å². The van der Waals surface area contributed by atoms with Crippen molar-refractivity contribution in [3.8, 4) is 5.75 Å². The van der Waals surface area contributed by atoms with Gasteiger partial charge in [0, 0.05) is 23.2 Å². The molecule has 1 aromatic heterocycles. The predicted octanol–water partition coefficient (Wildman–Crippen LogP) is 4.48. The molecule has 4 heteroatoms. The molecule has 0 aliphatic heterocycles. The number of hydrogen-bond donors (Lipinski definition) is 1. The molecule has 1 heterocycles. The zero-order valence-corrected chi connectivity index (χ0v) is 12.7. The van der Waals surface area contributed by atoms with Crippen LogP contribution in [0.2, 0.25) is 5.02 Å². The van der Waals surface area contributed by atoms with Crippen molar-refractivity contribution >= 4 is 22.9 Å². The molecule has 1 aromatic carbocycles. The van der Waals surface area contributed by atoms with Gasteiger partial charge in [0.1, 0.15) is 12.4 Å². The fourth-order valence-corrected chi connectivity index (χ4v) is 2.57. The Balaban J connectivity index is 2.08. The van der Waals surface area contributed by atoms with Gasteiger partial charge in [-0.1, -0.05) is 31.5 Å². The van der Waals surface area contributed by atoms with Crippen molar-refractivity contribution in [3.05, 3.63) is 51.2 Å². The normalized spacial score (nSPS) is 10.9. The molecule has 0 aliphatic carbocycles. The van der Waals surface area contributed by atoms with Crippen LogP contribution in [-0.4, -0.2) is 6.04 Å². The van der Waals surface area contributed by atoms with Gasteiger partial charge >= 0.3 is 0 Å². The van der Waals surface area contributed by atoms with Gasteiger partial charge in [0.15, 0.2) is 0 Å². The first-order chi connectivity index (χ1) is 9.16. The van der Waals surface area contributed by atoms with Gasteiger partial charge in [-0.25, -0.2) is 0 Å². The molecule has 0 radical (unpaired) electrons. The van der Waals surface area contributed by atoms with Crippen molar-refractivity contribution in [2.45, 2.75) is 33.0 Å². The van der Waals surface area contributed by atoms with E-state index in [1.54, 1.807) is 11.3 Å². The summed E-state index contributed by atoms with van der Waals surface area (Å²) in [6.07, 6.45) is 0. The van der Waals surface area contributed by atoms with E-state index >= 15 is 0 Å². The van der Waals surface area contributed by atoms with Gasteiger partial charge in [0.2, 0.25) is 0 Å². The van der Waals surface area contributed by atoms with Crippen LogP contribution in [0.4, 0.5) is 0 Å². The molecule has 1 N–H and O–H groups in total. The third kappa shape index (κ3) is 4.23. The van der Waals surface area contributed by atoms with Crippen molar-refractivity contribution in [1.82, 2.24) is 5.32 Å². The highest BCUT2D eigenvalue weighted by Crippen LogP contribution is 2.27. The summed E-state index contributed by atoms with van der Waals surface area (Å²) in [5.74, 6) is 0.854. The minimum absolute atomic E-state index is 0.418. The zero-order chi connectivity index (χ0) is 13.7. The summed E-state index contributed by atoms with van der Waals surface area (Å²) in [4.78, 5) is 0. The van der Waals surface area contributed by atoms with Crippen LogP contribution in [0.5, 0.6) is 5.75 Å². The Morgan fingerprint density at radius 1 is 1.32 bits per heavy atom. The minimum Gasteiger partial charge on any atom is -0.488 e. The SMILES string of the molecule is CC(C)NCc1c(Cl)cccc1OCc1ccsc1. The van der Waals surface area contributed by atoms with Crippen molar-refractivity contribution in [3.63, 3.8) is 0 Å². The van der Waals surface area contributed by atoms with Gasteiger partial charge in [0.05, 0.1) is 0 Å². The molecule has 0 spiro atoms. The topological polar surface area (TPSA) is 21.3 Å². The first-order valence-corrected chi connectivity index (χ1v) is 7.63. The molecule has 0 unspecified atom stereocenters. The number of benzene rings is 1. The Hall–Kier alpha value is -1.03. The van der Waals surface area contributed by atoms with Crippen molar-refractivity contribution in [1.29, 1.82) is 0 Å². The Labute approximate surface area is 123 Å². The highest BCUT2D eigenvalue weighted by molar-refractivity contribution is 7.07. The maximum atomic E-state index is 6.26. The fraction of sp³-hybridized carbons (Fsp3) is 0.333. The van der Waals surface area contributed by atoms with Crippen LogP contribution in [0.15, 0.2) is 35.0 Å². The van der Waals surface area contributed by atoms with Crippen LogP contribution in [0.3, 0.4) is 0 Å². The van der Waals surface area contributed by atoms with E-state index in [0.717, 1.165) is 22.9 Å². The fourth-order valence-electron chi connectivity index (χ4n) is 1.69. The molecule has 19 heavy (non-hydrogen) atoms. The molecule has 2 nitrogen and oxygen atoms in total. The van der Waals surface area contributed by atoms with E-state index in [1.807, 2.05) is 18.2 Å². The molecular weight excluding hydrogens is 278 g/mol. The predicted molar refractivity (Wildman–Crippen MR) is 82.1 cm³/mol. The van der Waals surface area contributed by atoms with E-state index in [4.69, 9.17) is 16.3 Å². The summed E-state index contributed by atoms with van der Waals surface area (Å²) in [5, 5.41) is 8.27. The average Bonchev–Trinajstić information content (AvgIpc) is 2.88. The lowest BCUT2D eigenvalue weighted by molar-refractivity contribution is 0.302. The molecule has 0 atom stereocenters. The lowest BCUT2D eigenvalue weighted by Crippen LogP contribution is -2.22. The molecule has 0 saturated heterocycles. The van der Waals surface area contributed by atoms with E-state index in [9.17, 15) is 0 Å². The molecule has 2 aromatic rings. The van der Waals surface area contributed by atoms with Gasteiger partial charge in [-0.3, -0.25) is 0 Å². The second kappa shape index (κ2) is 6.94. The van der Waals surface area contributed by atoms with E-state index < -0.39 is 0 Å². The number of rotatable bonds is 6. The Bertz CT molecular complexity index is 511. The summed E-state index contributed by atoms with van der Waals surface area (Å²) in [5.41, 5.74) is 2.21. The van der Waals surface area contributed by atoms with Crippen LogP contribution >= 0.6 is 22.9 Å². The lowest BCUT2D eigenvalue weighted by Gasteiger charge is -2.14. The van der Waals surface area contributed by atoms with Crippen molar-refractivity contribution in [2.24, 2.45) is 0 Å². The minimum atomic E-state index is 0.418. The molecule has 102 valence electrons. The van der Waals surface area contributed by atoms with Gasteiger partial charge < -0.3 is 10.1 Å². The number of hydrogen-bond acceptors (Lipinski definition) is 3. The molecular formula is C15H18ClNOS. The average molecular weight is 296 g/mol. The van der Waals surface area contributed by atoms with Crippen LogP contribution < -0.4 is 10.1 Å². The second-order valence-electron chi connectivity index (χ2n) is 4.67. The molecule has 0 amide bonds. The van der Waals surface area contributed by atoms with Gasteiger partial charge in [-0.15, -0.1) is 0 Å². The first kappa shape index (κ1) is 14.4. The second-order valence-corrected chi connectivity index (χ2v) is 5.86. The van der Waals surface area contributed by atoms with E-state index in [1.165, 1.54) is 5.56 Å². The number of halogens is 1. The van der Waals surface area contributed by atoms with Crippen LogP contribution in [0, 0.1) is 0 Å². The third-order valence-electron chi connectivity index (χ3n) is 2.74. The van der Waals surface area contributed by atoms with E-state index in [2.05, 4.69) is 36.0 Å². The molecule has 0 saturated carbocycles. The Kier molecular flexibility index (Phi) is 5.25. The standard InChI is InChI=1S/C15H18ClNOS/c1-11(2)17-8-13-14(16)4-3-5-15(13)18-9-12-6-7-19-10-12/h3-7,10-11,17H,8-9H2,1-2H3. The first-order valence-electron chi connectivity index (χ1n) is 6.31. The summed E-state index contributed by atoms with van der Waals surface area (Å²) in [7, 11) is 0. The summed E-state index contributed by atoms with van der Waals surface area (Å²) in [6, 6.07) is 8.28. The highest BCUT2D eigenvalue weighted by Gasteiger charge is 2.09. The van der Waals surface area contributed by atoms with E-state index in [0.29, 0.717) is 12.6 Å². The third-order valence-corrected chi connectivity index (χ3v) is 3.82. The zero-order valence-electron chi connectivity index (χ0n) is 11.2. The summed E-state index contributed by atoms with van der Waals surface area (Å²) >= 11 is 7.93. The molecule has 0 bridgehead atoms. The van der Waals surface area contributed by atoms with Crippen LogP contribution in [-0.2, 0) is 13.2 Å².